The third-order valence-electron chi connectivity index (χ3n) is 3.42. The van der Waals surface area contributed by atoms with Crippen molar-refractivity contribution in [3.63, 3.8) is 0 Å². The van der Waals surface area contributed by atoms with Gasteiger partial charge in [-0.3, -0.25) is 9.59 Å². The molecule has 0 spiro atoms. The second kappa shape index (κ2) is 8.14. The highest BCUT2D eigenvalue weighted by atomic mass is 32.2. The van der Waals surface area contributed by atoms with Crippen molar-refractivity contribution in [1.82, 2.24) is 10.2 Å². The molecule has 1 aromatic carbocycles. The highest BCUT2D eigenvalue weighted by molar-refractivity contribution is 7.99. The number of rotatable bonds is 6. The smallest absolute Gasteiger partial charge is 0.387 e. The van der Waals surface area contributed by atoms with Crippen molar-refractivity contribution < 1.29 is 23.1 Å². The number of hydrogen-bond donors (Lipinski definition) is 1. The zero-order valence-corrected chi connectivity index (χ0v) is 13.4. The van der Waals surface area contributed by atoms with Crippen molar-refractivity contribution in [3.05, 3.63) is 29.8 Å². The zero-order chi connectivity index (χ0) is 16.8. The number of carbonyl (C=O) groups excluding carboxylic acids is 2. The van der Waals surface area contributed by atoms with Gasteiger partial charge in [-0.05, 0) is 17.7 Å². The van der Waals surface area contributed by atoms with Crippen LogP contribution >= 0.6 is 11.8 Å². The first-order valence-corrected chi connectivity index (χ1v) is 8.35. The monoisotopic (exact) mass is 344 g/mol. The molecule has 0 saturated carbocycles. The molecule has 2 amide bonds. The second-order valence-electron chi connectivity index (χ2n) is 4.97. The maximum atomic E-state index is 12.2. The van der Waals surface area contributed by atoms with E-state index in [1.165, 1.54) is 12.1 Å². The molecule has 0 bridgehead atoms. The maximum Gasteiger partial charge on any atom is 0.387 e. The Balaban J connectivity index is 1.87. The molecule has 1 saturated heterocycles. The Kier molecular flexibility index (Phi) is 6.20. The Labute approximate surface area is 137 Å². The molecule has 1 aromatic rings. The number of hydrogen-bond acceptors (Lipinski definition) is 4. The Hall–Kier alpha value is -1.83. The number of alkyl halides is 2. The predicted octanol–water partition coefficient (Wildman–Crippen LogP) is 2.22. The van der Waals surface area contributed by atoms with E-state index in [-0.39, 0.29) is 24.1 Å². The average molecular weight is 344 g/mol. The van der Waals surface area contributed by atoms with Crippen LogP contribution in [0.4, 0.5) is 8.78 Å². The maximum absolute atomic E-state index is 12.2. The number of halogens is 2. The summed E-state index contributed by atoms with van der Waals surface area (Å²) in [6, 6.07) is 5.61. The van der Waals surface area contributed by atoms with Crippen LogP contribution in [0.1, 0.15) is 18.9 Å². The van der Waals surface area contributed by atoms with Crippen LogP contribution in [0.15, 0.2) is 24.3 Å². The number of nitrogens with one attached hydrogen (secondary N) is 1. The van der Waals surface area contributed by atoms with E-state index in [0.29, 0.717) is 18.1 Å². The van der Waals surface area contributed by atoms with E-state index < -0.39 is 12.7 Å². The summed E-state index contributed by atoms with van der Waals surface area (Å²) in [6.45, 7) is -0.825. The van der Waals surface area contributed by atoms with Crippen molar-refractivity contribution in [3.8, 4) is 5.75 Å². The predicted molar refractivity (Wildman–Crippen MR) is 83.2 cm³/mol. The summed E-state index contributed by atoms with van der Waals surface area (Å²) in [5.74, 6) is 0.943. The summed E-state index contributed by atoms with van der Waals surface area (Å²) < 4.78 is 28.4. The molecule has 1 heterocycles. The minimum Gasteiger partial charge on any atom is -0.435 e. The summed E-state index contributed by atoms with van der Waals surface area (Å²) in [6.07, 6.45) is 0.371. The third kappa shape index (κ3) is 4.82. The summed E-state index contributed by atoms with van der Waals surface area (Å²) in [5.41, 5.74) is 0.763. The molecular weight excluding hydrogens is 326 g/mol. The van der Waals surface area contributed by atoms with Gasteiger partial charge in [0.1, 0.15) is 11.8 Å². The number of benzene rings is 1. The number of carbonyl (C=O) groups is 2. The van der Waals surface area contributed by atoms with Crippen LogP contribution < -0.4 is 10.1 Å². The average Bonchev–Trinajstić information content (AvgIpc) is 3.02. The van der Waals surface area contributed by atoms with Gasteiger partial charge in [0.05, 0.1) is 5.88 Å². The summed E-state index contributed by atoms with van der Waals surface area (Å²) in [4.78, 5) is 25.6. The first kappa shape index (κ1) is 17.5. The fourth-order valence-electron chi connectivity index (χ4n) is 2.20. The molecule has 2 rings (SSSR count). The van der Waals surface area contributed by atoms with Crippen LogP contribution in [0.2, 0.25) is 0 Å². The van der Waals surface area contributed by atoms with E-state index >= 15 is 0 Å². The van der Waals surface area contributed by atoms with Crippen molar-refractivity contribution >= 4 is 23.6 Å². The largest absolute Gasteiger partial charge is 0.435 e. The minimum absolute atomic E-state index is 0.0383. The van der Waals surface area contributed by atoms with Crippen LogP contribution in [-0.4, -0.2) is 41.0 Å². The Bertz CT molecular complexity index is 554. The Morgan fingerprint density at radius 3 is 2.70 bits per heavy atom. The van der Waals surface area contributed by atoms with Crippen LogP contribution in [0, 0.1) is 0 Å². The fourth-order valence-corrected chi connectivity index (χ4v) is 3.39. The van der Waals surface area contributed by atoms with E-state index in [0.717, 1.165) is 5.56 Å². The summed E-state index contributed by atoms with van der Waals surface area (Å²) in [5, 5.41) is 2.77. The van der Waals surface area contributed by atoms with Crippen LogP contribution in [0.25, 0.3) is 0 Å². The van der Waals surface area contributed by atoms with Crippen LogP contribution in [0.5, 0.6) is 5.75 Å². The lowest BCUT2D eigenvalue weighted by Gasteiger charge is -2.22. The van der Waals surface area contributed by atoms with Gasteiger partial charge in [-0.25, -0.2) is 0 Å². The van der Waals surface area contributed by atoms with Crippen LogP contribution in [-0.2, 0) is 16.1 Å². The molecule has 1 fully saturated rings. The van der Waals surface area contributed by atoms with Crippen molar-refractivity contribution in [2.24, 2.45) is 0 Å². The molecule has 1 aliphatic rings. The van der Waals surface area contributed by atoms with E-state index in [4.69, 9.17) is 0 Å². The minimum atomic E-state index is -2.86. The second-order valence-corrected chi connectivity index (χ2v) is 5.97. The van der Waals surface area contributed by atoms with Gasteiger partial charge in [-0.15, -0.1) is 11.8 Å². The van der Waals surface area contributed by atoms with Gasteiger partial charge in [-0.1, -0.05) is 19.1 Å². The van der Waals surface area contributed by atoms with Gasteiger partial charge >= 0.3 is 6.61 Å². The van der Waals surface area contributed by atoms with Crippen molar-refractivity contribution in [1.29, 1.82) is 0 Å². The molecule has 23 heavy (non-hydrogen) atoms. The normalized spacial score (nSPS) is 17.4. The number of amides is 2. The summed E-state index contributed by atoms with van der Waals surface area (Å²) >= 11 is 1.55. The van der Waals surface area contributed by atoms with E-state index in [1.54, 1.807) is 35.7 Å². The molecule has 5 nitrogen and oxygen atoms in total. The van der Waals surface area contributed by atoms with Crippen molar-refractivity contribution in [2.45, 2.75) is 32.5 Å². The molecule has 0 radical (unpaired) electrons. The Morgan fingerprint density at radius 2 is 2.09 bits per heavy atom. The lowest BCUT2D eigenvalue weighted by molar-refractivity contribution is -0.137. The molecule has 1 atom stereocenters. The van der Waals surface area contributed by atoms with Gasteiger partial charge in [0.25, 0.3) is 0 Å². The summed E-state index contributed by atoms with van der Waals surface area (Å²) in [7, 11) is 0. The molecule has 1 N–H and O–H groups in total. The van der Waals surface area contributed by atoms with Gasteiger partial charge in [0.15, 0.2) is 0 Å². The molecule has 0 aromatic heterocycles. The lowest BCUT2D eigenvalue weighted by Crippen LogP contribution is -2.46. The fraction of sp³-hybridized carbons (Fsp3) is 0.467. The van der Waals surface area contributed by atoms with Gasteiger partial charge in [-0.2, -0.15) is 8.78 Å². The highest BCUT2D eigenvalue weighted by Crippen LogP contribution is 2.22. The van der Waals surface area contributed by atoms with Gasteiger partial charge in [0.2, 0.25) is 11.8 Å². The number of thioether (sulfide) groups is 1. The standard InChI is InChI=1S/C15H18F2N2O3S/c1-2-13(20)19-9-23-8-12(19)14(21)18-7-10-3-5-11(6-4-10)22-15(16)17/h3-6,12,15H,2,7-9H2,1H3,(H,18,21)/t12-/m1/s1. The van der Waals surface area contributed by atoms with Gasteiger partial charge in [0, 0.05) is 18.7 Å². The molecule has 8 heteroatoms. The number of nitrogens with zero attached hydrogens (tertiary/aromatic N) is 1. The van der Waals surface area contributed by atoms with Gasteiger partial charge < -0.3 is 15.0 Å². The van der Waals surface area contributed by atoms with Crippen molar-refractivity contribution in [2.75, 3.05) is 11.6 Å². The molecule has 1 aliphatic heterocycles. The SMILES string of the molecule is CCC(=O)N1CSC[C@@H]1C(=O)NCc1ccc(OC(F)F)cc1. The first-order valence-electron chi connectivity index (χ1n) is 7.20. The first-order chi connectivity index (χ1) is 11.0. The van der Waals surface area contributed by atoms with E-state index in [9.17, 15) is 18.4 Å². The Morgan fingerprint density at radius 1 is 1.39 bits per heavy atom. The molecule has 126 valence electrons. The third-order valence-corrected chi connectivity index (χ3v) is 4.44. The molecule has 0 aliphatic carbocycles. The molecule has 0 unspecified atom stereocenters. The molecular formula is C15H18F2N2O3S. The van der Waals surface area contributed by atoms with E-state index in [1.807, 2.05) is 0 Å². The van der Waals surface area contributed by atoms with E-state index in [2.05, 4.69) is 10.1 Å². The zero-order valence-electron chi connectivity index (χ0n) is 12.6. The lowest BCUT2D eigenvalue weighted by atomic mass is 10.2. The number of ether oxygens (including phenoxy) is 1. The van der Waals surface area contributed by atoms with Crippen LogP contribution in [0.3, 0.4) is 0 Å². The quantitative estimate of drug-likeness (QED) is 0.860. The highest BCUT2D eigenvalue weighted by Gasteiger charge is 2.33. The topological polar surface area (TPSA) is 58.6 Å².